The van der Waals surface area contributed by atoms with Gasteiger partial charge in [-0.05, 0) is 48.7 Å². The highest BCUT2D eigenvalue weighted by atomic mass is 32.1. The van der Waals surface area contributed by atoms with Crippen LogP contribution >= 0.6 is 22.7 Å². The zero-order valence-corrected chi connectivity index (χ0v) is 13.7. The number of aldehydes is 1. The van der Waals surface area contributed by atoms with E-state index in [2.05, 4.69) is 39.9 Å². The first-order valence-electron chi connectivity index (χ1n) is 7.14. The Kier molecular flexibility index (Phi) is 7.09. The Morgan fingerprint density at radius 2 is 1.71 bits per heavy atom. The maximum absolute atomic E-state index is 11.5. The maximum atomic E-state index is 11.5. The van der Waals surface area contributed by atoms with E-state index < -0.39 is 0 Å². The van der Waals surface area contributed by atoms with Crippen LogP contribution in [0.2, 0.25) is 0 Å². The Morgan fingerprint density at radius 3 is 2.14 bits per heavy atom. The first kappa shape index (κ1) is 16.4. The molecule has 0 bridgehead atoms. The van der Waals surface area contributed by atoms with E-state index >= 15 is 0 Å². The summed E-state index contributed by atoms with van der Waals surface area (Å²) in [6.07, 6.45) is 3.74. The van der Waals surface area contributed by atoms with E-state index in [9.17, 15) is 4.79 Å². The number of hydrogen-bond acceptors (Lipinski definition) is 5. The van der Waals surface area contributed by atoms with Gasteiger partial charge in [-0.2, -0.15) is 0 Å². The van der Waals surface area contributed by atoms with Crippen molar-refractivity contribution in [2.24, 2.45) is 5.73 Å². The molecule has 0 saturated carbocycles. The highest BCUT2D eigenvalue weighted by Crippen LogP contribution is 2.24. The quantitative estimate of drug-likeness (QED) is 0.536. The molecular formula is C16H21N2OS2. The van der Waals surface area contributed by atoms with Crippen molar-refractivity contribution in [3.8, 4) is 0 Å². The number of carbonyl (C=O) groups excluding carboxylic acids is 1. The molecule has 0 aromatic carbocycles. The predicted molar refractivity (Wildman–Crippen MR) is 90.1 cm³/mol. The van der Waals surface area contributed by atoms with E-state index in [0.29, 0.717) is 6.54 Å². The fraction of sp³-hybridized carbons (Fsp3) is 0.375. The lowest BCUT2D eigenvalue weighted by molar-refractivity contribution is -0.109. The maximum Gasteiger partial charge on any atom is 0.142 e. The van der Waals surface area contributed by atoms with Gasteiger partial charge in [-0.3, -0.25) is 4.90 Å². The Hall–Kier alpha value is -1.01. The molecule has 2 rings (SSSR count). The highest BCUT2D eigenvalue weighted by Gasteiger charge is 2.20. The van der Waals surface area contributed by atoms with Gasteiger partial charge in [-0.1, -0.05) is 12.1 Å². The summed E-state index contributed by atoms with van der Waals surface area (Å²) in [6, 6.07) is 9.23. The van der Waals surface area contributed by atoms with Gasteiger partial charge in [0.1, 0.15) is 12.3 Å². The van der Waals surface area contributed by atoms with Crippen molar-refractivity contribution >= 4 is 29.0 Å². The number of unbranched alkanes of at least 4 members (excludes halogenated alkanes) is 1. The molecule has 2 heterocycles. The second-order valence-corrected chi connectivity index (χ2v) is 6.93. The smallest absolute Gasteiger partial charge is 0.142 e. The van der Waals surface area contributed by atoms with Crippen molar-refractivity contribution in [3.05, 3.63) is 50.8 Å². The van der Waals surface area contributed by atoms with Crippen molar-refractivity contribution in [2.45, 2.75) is 32.4 Å². The van der Waals surface area contributed by atoms with Gasteiger partial charge in [0.05, 0.1) is 0 Å². The minimum Gasteiger partial charge on any atom is -0.330 e. The zero-order chi connectivity index (χ0) is 14.9. The molecule has 0 fully saturated rings. The van der Waals surface area contributed by atoms with Crippen LogP contribution in [0.3, 0.4) is 0 Å². The molecule has 1 radical (unpaired) electrons. The van der Waals surface area contributed by atoms with Gasteiger partial charge < -0.3 is 10.5 Å². The third kappa shape index (κ3) is 5.36. The highest BCUT2D eigenvalue weighted by molar-refractivity contribution is 7.10. The summed E-state index contributed by atoms with van der Waals surface area (Å²) in [6.45, 7) is 2.28. The summed E-state index contributed by atoms with van der Waals surface area (Å²) in [5.41, 5.74) is 5.54. The Labute approximate surface area is 134 Å². The van der Waals surface area contributed by atoms with Crippen LogP contribution in [0, 0.1) is 6.04 Å². The van der Waals surface area contributed by atoms with E-state index in [1.54, 1.807) is 22.7 Å². The molecule has 0 spiro atoms. The lowest BCUT2D eigenvalue weighted by atomic mass is 10.1. The summed E-state index contributed by atoms with van der Waals surface area (Å²) in [4.78, 5) is 16.3. The number of rotatable bonds is 10. The Morgan fingerprint density at radius 1 is 1.10 bits per heavy atom. The molecular weight excluding hydrogens is 300 g/mol. The molecule has 2 aromatic heterocycles. The van der Waals surface area contributed by atoms with Gasteiger partial charge in [0.25, 0.3) is 0 Å². The molecule has 113 valence electrons. The third-order valence-electron chi connectivity index (χ3n) is 3.28. The minimum absolute atomic E-state index is 0.683. The van der Waals surface area contributed by atoms with Crippen molar-refractivity contribution in [1.82, 2.24) is 4.90 Å². The second-order valence-electron chi connectivity index (χ2n) is 4.87. The van der Waals surface area contributed by atoms with Crippen LogP contribution in [0.4, 0.5) is 0 Å². The van der Waals surface area contributed by atoms with Crippen LogP contribution < -0.4 is 5.73 Å². The van der Waals surface area contributed by atoms with E-state index in [-0.39, 0.29) is 0 Å². The average Bonchev–Trinajstić information content (AvgIpc) is 3.17. The number of carbonyl (C=O) groups is 1. The van der Waals surface area contributed by atoms with Gasteiger partial charge in [0.15, 0.2) is 0 Å². The summed E-state index contributed by atoms with van der Waals surface area (Å²) < 4.78 is 0. The molecule has 0 amide bonds. The monoisotopic (exact) mass is 321 g/mol. The predicted octanol–water partition coefficient (Wildman–Crippen LogP) is 3.67. The van der Waals surface area contributed by atoms with E-state index in [1.165, 1.54) is 9.75 Å². The molecule has 0 saturated heterocycles. The average molecular weight is 321 g/mol. The van der Waals surface area contributed by atoms with Crippen LogP contribution in [-0.4, -0.2) is 17.7 Å². The standard InChI is InChI=1S/C16H21N2OS2/c17-8-2-1-5-14(13-19)18(11-15-6-3-9-20-15)12-16-7-4-10-21-16/h3-4,6-7,9-10,13H,1-2,5,8,11-12,17H2. The van der Waals surface area contributed by atoms with Crippen molar-refractivity contribution in [2.75, 3.05) is 6.54 Å². The Balaban J connectivity index is 2.03. The molecule has 0 atom stereocenters. The van der Waals surface area contributed by atoms with Crippen molar-refractivity contribution in [3.63, 3.8) is 0 Å². The van der Waals surface area contributed by atoms with Crippen LogP contribution in [0.25, 0.3) is 0 Å². The number of hydrogen-bond donors (Lipinski definition) is 1. The number of thiophene rings is 2. The van der Waals surface area contributed by atoms with E-state index in [4.69, 9.17) is 5.73 Å². The third-order valence-corrected chi connectivity index (χ3v) is 5.01. The molecule has 2 N–H and O–H groups in total. The summed E-state index contributed by atoms with van der Waals surface area (Å²) >= 11 is 3.47. The SMILES string of the molecule is NCCCC[C](C=O)N(Cc1cccs1)Cc1cccs1. The van der Waals surface area contributed by atoms with Crippen LogP contribution in [0.1, 0.15) is 29.0 Å². The number of nitrogens with zero attached hydrogens (tertiary/aromatic N) is 1. The number of nitrogens with two attached hydrogens (primary N) is 1. The molecule has 5 heteroatoms. The summed E-state index contributed by atoms with van der Waals surface area (Å²) in [7, 11) is 0. The van der Waals surface area contributed by atoms with Gasteiger partial charge >= 0.3 is 0 Å². The van der Waals surface area contributed by atoms with Crippen LogP contribution in [0.5, 0.6) is 0 Å². The molecule has 0 unspecified atom stereocenters. The van der Waals surface area contributed by atoms with Crippen LogP contribution in [-0.2, 0) is 17.9 Å². The molecule has 2 aromatic rings. The van der Waals surface area contributed by atoms with E-state index in [1.807, 2.05) is 0 Å². The van der Waals surface area contributed by atoms with Crippen molar-refractivity contribution in [1.29, 1.82) is 0 Å². The second kappa shape index (κ2) is 9.10. The van der Waals surface area contributed by atoms with Crippen molar-refractivity contribution < 1.29 is 4.79 Å². The molecule has 0 aliphatic heterocycles. The molecule has 21 heavy (non-hydrogen) atoms. The fourth-order valence-corrected chi connectivity index (χ4v) is 3.62. The summed E-state index contributed by atoms with van der Waals surface area (Å²) in [5, 5.41) is 4.15. The lowest BCUT2D eigenvalue weighted by Gasteiger charge is -2.26. The fourth-order valence-electron chi connectivity index (χ4n) is 2.18. The lowest BCUT2D eigenvalue weighted by Crippen LogP contribution is -2.28. The van der Waals surface area contributed by atoms with Gasteiger partial charge in [0, 0.05) is 22.8 Å². The largest absolute Gasteiger partial charge is 0.330 e. The summed E-state index contributed by atoms with van der Waals surface area (Å²) in [5.74, 6) is 0. The van der Waals surface area contributed by atoms with Crippen LogP contribution in [0.15, 0.2) is 35.0 Å². The van der Waals surface area contributed by atoms with Gasteiger partial charge in [-0.15, -0.1) is 22.7 Å². The van der Waals surface area contributed by atoms with Gasteiger partial charge in [0.2, 0.25) is 0 Å². The topological polar surface area (TPSA) is 46.3 Å². The molecule has 3 nitrogen and oxygen atoms in total. The first-order valence-corrected chi connectivity index (χ1v) is 8.90. The molecule has 0 aliphatic rings. The first-order chi connectivity index (χ1) is 10.3. The van der Waals surface area contributed by atoms with E-state index in [0.717, 1.165) is 44.7 Å². The zero-order valence-electron chi connectivity index (χ0n) is 12.0. The Bertz CT molecular complexity index is 460. The minimum atomic E-state index is 0.683. The molecule has 0 aliphatic carbocycles. The normalized spacial score (nSPS) is 11.4. The van der Waals surface area contributed by atoms with Gasteiger partial charge in [-0.25, -0.2) is 0 Å².